The number of nitrogens with zero attached hydrogens (tertiary/aromatic N) is 2. The standard InChI is InChI=1S/C20H25N3O3/c1-20(2,3)23-17(14-7-8-14)12-16(22-23)18(24)21-10-9-13-5-4-6-15(11-13)19(25)26/h4-6,11-12,14H,7-10H2,1-3H3,(H,21,24)(H,25,26). The number of nitrogens with one attached hydrogen (secondary N) is 1. The van der Waals surface area contributed by atoms with E-state index in [0.717, 1.165) is 24.1 Å². The molecule has 0 unspecified atom stereocenters. The molecule has 6 nitrogen and oxygen atoms in total. The number of rotatable bonds is 6. The fourth-order valence-electron chi connectivity index (χ4n) is 2.98. The molecular weight excluding hydrogens is 330 g/mol. The molecule has 0 atom stereocenters. The van der Waals surface area contributed by atoms with Crippen LogP contribution in [-0.2, 0) is 12.0 Å². The highest BCUT2D eigenvalue weighted by molar-refractivity contribution is 5.92. The van der Waals surface area contributed by atoms with Gasteiger partial charge in [0.15, 0.2) is 0 Å². The molecule has 2 aromatic rings. The molecule has 1 aliphatic rings. The fraction of sp³-hybridized carbons (Fsp3) is 0.450. The van der Waals surface area contributed by atoms with E-state index in [9.17, 15) is 9.59 Å². The van der Waals surface area contributed by atoms with Gasteiger partial charge in [-0.05, 0) is 63.8 Å². The van der Waals surface area contributed by atoms with Gasteiger partial charge < -0.3 is 10.4 Å². The molecule has 1 heterocycles. The zero-order chi connectivity index (χ0) is 18.9. The van der Waals surface area contributed by atoms with Crippen LogP contribution in [0.2, 0.25) is 0 Å². The molecule has 138 valence electrons. The number of carbonyl (C=O) groups is 2. The number of benzene rings is 1. The Morgan fingerprint density at radius 3 is 2.62 bits per heavy atom. The van der Waals surface area contributed by atoms with Crippen LogP contribution in [0, 0.1) is 0 Å². The van der Waals surface area contributed by atoms with Gasteiger partial charge >= 0.3 is 5.97 Å². The van der Waals surface area contributed by atoms with Crippen molar-refractivity contribution in [1.29, 1.82) is 0 Å². The summed E-state index contributed by atoms with van der Waals surface area (Å²) in [6.45, 7) is 6.69. The Kier molecular flexibility index (Phi) is 4.85. The second-order valence-corrected chi connectivity index (χ2v) is 7.82. The average Bonchev–Trinajstić information content (AvgIpc) is 3.31. The molecule has 0 saturated heterocycles. The third-order valence-electron chi connectivity index (χ3n) is 4.47. The van der Waals surface area contributed by atoms with E-state index in [0.29, 0.717) is 24.6 Å². The van der Waals surface area contributed by atoms with Crippen molar-refractivity contribution in [3.63, 3.8) is 0 Å². The minimum absolute atomic E-state index is 0.159. The van der Waals surface area contributed by atoms with E-state index < -0.39 is 5.97 Å². The molecule has 1 aliphatic carbocycles. The Bertz CT molecular complexity index is 829. The van der Waals surface area contributed by atoms with Gasteiger partial charge in [0.1, 0.15) is 5.69 Å². The van der Waals surface area contributed by atoms with Crippen molar-refractivity contribution < 1.29 is 14.7 Å². The smallest absolute Gasteiger partial charge is 0.335 e. The Balaban J connectivity index is 1.64. The lowest BCUT2D eigenvalue weighted by atomic mass is 10.1. The molecule has 1 aromatic carbocycles. The van der Waals surface area contributed by atoms with Gasteiger partial charge in [0.05, 0.1) is 11.1 Å². The van der Waals surface area contributed by atoms with Crippen molar-refractivity contribution in [2.45, 2.75) is 51.5 Å². The molecule has 0 aliphatic heterocycles. The third-order valence-corrected chi connectivity index (χ3v) is 4.47. The summed E-state index contributed by atoms with van der Waals surface area (Å²) in [5.74, 6) is -0.623. The lowest BCUT2D eigenvalue weighted by Crippen LogP contribution is -2.28. The second kappa shape index (κ2) is 6.94. The zero-order valence-electron chi connectivity index (χ0n) is 15.5. The normalized spacial score (nSPS) is 14.3. The summed E-state index contributed by atoms with van der Waals surface area (Å²) in [4.78, 5) is 23.5. The van der Waals surface area contributed by atoms with Gasteiger partial charge in [-0.3, -0.25) is 9.48 Å². The Morgan fingerprint density at radius 2 is 2.00 bits per heavy atom. The van der Waals surface area contributed by atoms with E-state index in [4.69, 9.17) is 5.11 Å². The van der Waals surface area contributed by atoms with E-state index in [2.05, 4.69) is 31.2 Å². The molecular formula is C20H25N3O3. The maximum absolute atomic E-state index is 12.5. The van der Waals surface area contributed by atoms with E-state index in [-0.39, 0.29) is 17.0 Å². The molecule has 26 heavy (non-hydrogen) atoms. The lowest BCUT2D eigenvalue weighted by molar-refractivity contribution is 0.0696. The Hall–Kier alpha value is -2.63. The second-order valence-electron chi connectivity index (χ2n) is 7.82. The van der Waals surface area contributed by atoms with Crippen molar-refractivity contribution in [2.75, 3.05) is 6.54 Å². The van der Waals surface area contributed by atoms with Crippen molar-refractivity contribution in [3.05, 3.63) is 52.8 Å². The van der Waals surface area contributed by atoms with E-state index >= 15 is 0 Å². The first kappa shape index (κ1) is 18.2. The Morgan fingerprint density at radius 1 is 1.27 bits per heavy atom. The number of carboxylic acid groups (broad SMARTS) is 1. The lowest BCUT2D eigenvalue weighted by Gasteiger charge is -2.22. The highest BCUT2D eigenvalue weighted by Gasteiger charge is 2.32. The number of carbonyl (C=O) groups excluding carboxylic acids is 1. The summed E-state index contributed by atoms with van der Waals surface area (Å²) in [6.07, 6.45) is 2.88. The number of carboxylic acids is 1. The highest BCUT2D eigenvalue weighted by Crippen LogP contribution is 2.41. The topological polar surface area (TPSA) is 84.2 Å². The first-order valence-electron chi connectivity index (χ1n) is 8.96. The molecule has 1 saturated carbocycles. The van der Waals surface area contributed by atoms with Crippen molar-refractivity contribution in [1.82, 2.24) is 15.1 Å². The third kappa shape index (κ3) is 4.12. The minimum Gasteiger partial charge on any atom is -0.478 e. The van der Waals surface area contributed by atoms with Gasteiger partial charge in [-0.1, -0.05) is 12.1 Å². The molecule has 1 aromatic heterocycles. The molecule has 0 bridgehead atoms. The maximum atomic E-state index is 12.5. The van der Waals surface area contributed by atoms with Crippen LogP contribution < -0.4 is 5.32 Å². The largest absolute Gasteiger partial charge is 0.478 e. The molecule has 0 spiro atoms. The first-order valence-corrected chi connectivity index (χ1v) is 8.96. The van der Waals surface area contributed by atoms with Gasteiger partial charge in [-0.25, -0.2) is 4.79 Å². The van der Waals surface area contributed by atoms with Crippen molar-refractivity contribution in [2.24, 2.45) is 0 Å². The van der Waals surface area contributed by atoms with Gasteiger partial charge in [0.25, 0.3) is 5.91 Å². The zero-order valence-corrected chi connectivity index (χ0v) is 15.5. The summed E-state index contributed by atoms with van der Waals surface area (Å²) >= 11 is 0. The van der Waals surface area contributed by atoms with Crippen LogP contribution in [0.15, 0.2) is 30.3 Å². The van der Waals surface area contributed by atoms with Gasteiger partial charge in [-0.15, -0.1) is 0 Å². The van der Waals surface area contributed by atoms with E-state index in [1.807, 2.05) is 16.8 Å². The van der Waals surface area contributed by atoms with Crippen LogP contribution in [0.5, 0.6) is 0 Å². The molecule has 1 amide bonds. The van der Waals surface area contributed by atoms with Crippen molar-refractivity contribution in [3.8, 4) is 0 Å². The molecule has 1 fully saturated rings. The predicted octanol–water partition coefficient (Wildman–Crippen LogP) is 3.19. The number of aromatic carboxylic acids is 1. The molecule has 3 rings (SSSR count). The van der Waals surface area contributed by atoms with Gasteiger partial charge in [-0.2, -0.15) is 5.10 Å². The SMILES string of the molecule is CC(C)(C)n1nc(C(=O)NCCc2cccc(C(=O)O)c2)cc1C1CC1. The van der Waals surface area contributed by atoms with Crippen LogP contribution in [0.1, 0.15) is 71.6 Å². The van der Waals surface area contributed by atoms with Gasteiger partial charge in [0, 0.05) is 18.2 Å². The van der Waals surface area contributed by atoms with Crippen LogP contribution in [0.3, 0.4) is 0 Å². The quantitative estimate of drug-likeness (QED) is 0.833. The maximum Gasteiger partial charge on any atom is 0.335 e. The van der Waals surface area contributed by atoms with Crippen LogP contribution in [0.4, 0.5) is 0 Å². The summed E-state index contributed by atoms with van der Waals surface area (Å²) in [7, 11) is 0. The van der Waals surface area contributed by atoms with Crippen LogP contribution in [0.25, 0.3) is 0 Å². The van der Waals surface area contributed by atoms with Gasteiger partial charge in [0.2, 0.25) is 0 Å². The summed E-state index contributed by atoms with van der Waals surface area (Å²) in [6, 6.07) is 8.67. The molecule has 6 heteroatoms. The monoisotopic (exact) mass is 355 g/mol. The first-order chi connectivity index (χ1) is 12.3. The number of hydrogen-bond donors (Lipinski definition) is 2. The predicted molar refractivity (Wildman–Crippen MR) is 98.6 cm³/mol. The van der Waals surface area contributed by atoms with Crippen LogP contribution in [-0.4, -0.2) is 33.3 Å². The average molecular weight is 355 g/mol. The number of amides is 1. The minimum atomic E-state index is -0.948. The van der Waals surface area contributed by atoms with E-state index in [1.165, 1.54) is 0 Å². The number of hydrogen-bond acceptors (Lipinski definition) is 3. The highest BCUT2D eigenvalue weighted by atomic mass is 16.4. The number of aromatic nitrogens is 2. The van der Waals surface area contributed by atoms with Crippen LogP contribution >= 0.6 is 0 Å². The van der Waals surface area contributed by atoms with Crippen molar-refractivity contribution >= 4 is 11.9 Å². The fourth-order valence-corrected chi connectivity index (χ4v) is 2.98. The van der Waals surface area contributed by atoms with E-state index in [1.54, 1.807) is 18.2 Å². The summed E-state index contributed by atoms with van der Waals surface area (Å²) in [5.41, 5.74) is 2.56. The molecule has 2 N–H and O–H groups in total. The Labute approximate surface area is 153 Å². The summed E-state index contributed by atoms with van der Waals surface area (Å²) in [5, 5.41) is 16.5. The molecule has 0 radical (unpaired) electrons. The summed E-state index contributed by atoms with van der Waals surface area (Å²) < 4.78 is 1.97.